The standard InChI is InChI=1S/C17H18ClN3O2/c1-23-15-3-2-9-19-16(15)17(22)20-13-8-10-21(11-13)14-6-4-12(18)5-7-14/h2-7,9,13H,8,10-11H2,1H3,(H,20,22). The Morgan fingerprint density at radius 2 is 2.13 bits per heavy atom. The van der Waals surface area contributed by atoms with Crippen molar-refractivity contribution in [3.8, 4) is 5.75 Å². The van der Waals surface area contributed by atoms with Gasteiger partial charge in [0.05, 0.1) is 7.11 Å². The molecule has 1 saturated heterocycles. The second-order valence-corrected chi connectivity index (χ2v) is 5.87. The predicted molar refractivity (Wildman–Crippen MR) is 90.3 cm³/mol. The number of halogens is 1. The molecule has 1 atom stereocenters. The lowest BCUT2D eigenvalue weighted by atomic mass is 10.2. The Bertz CT molecular complexity index is 690. The molecule has 0 saturated carbocycles. The third-order valence-electron chi connectivity index (χ3n) is 3.92. The lowest BCUT2D eigenvalue weighted by molar-refractivity contribution is 0.0932. The van der Waals surface area contributed by atoms with Crippen LogP contribution in [0.4, 0.5) is 5.69 Å². The Morgan fingerprint density at radius 1 is 1.35 bits per heavy atom. The van der Waals surface area contributed by atoms with Gasteiger partial charge in [-0.3, -0.25) is 4.79 Å². The van der Waals surface area contributed by atoms with Crippen LogP contribution in [-0.2, 0) is 0 Å². The fraction of sp³-hybridized carbons (Fsp3) is 0.294. The van der Waals surface area contributed by atoms with Crippen LogP contribution in [0.1, 0.15) is 16.9 Å². The molecule has 2 heterocycles. The van der Waals surface area contributed by atoms with E-state index in [0.717, 1.165) is 30.2 Å². The maximum Gasteiger partial charge on any atom is 0.274 e. The molecule has 23 heavy (non-hydrogen) atoms. The Morgan fingerprint density at radius 3 is 2.87 bits per heavy atom. The smallest absolute Gasteiger partial charge is 0.274 e. The van der Waals surface area contributed by atoms with Crippen molar-refractivity contribution in [2.24, 2.45) is 0 Å². The molecule has 120 valence electrons. The molecule has 1 aliphatic heterocycles. The largest absolute Gasteiger partial charge is 0.494 e. The van der Waals surface area contributed by atoms with Gasteiger partial charge in [-0.15, -0.1) is 0 Å². The summed E-state index contributed by atoms with van der Waals surface area (Å²) in [7, 11) is 1.53. The summed E-state index contributed by atoms with van der Waals surface area (Å²) in [5.74, 6) is 0.281. The van der Waals surface area contributed by atoms with Crippen molar-refractivity contribution in [2.45, 2.75) is 12.5 Å². The minimum Gasteiger partial charge on any atom is -0.494 e. The molecule has 1 aromatic carbocycles. The number of hydrogen-bond acceptors (Lipinski definition) is 4. The lowest BCUT2D eigenvalue weighted by Crippen LogP contribution is -2.37. The zero-order chi connectivity index (χ0) is 16.2. The second-order valence-electron chi connectivity index (χ2n) is 5.44. The molecule has 0 bridgehead atoms. The van der Waals surface area contributed by atoms with Crippen LogP contribution in [0.3, 0.4) is 0 Å². The third kappa shape index (κ3) is 3.56. The van der Waals surface area contributed by atoms with Crippen molar-refractivity contribution in [2.75, 3.05) is 25.1 Å². The molecule has 1 fully saturated rings. The predicted octanol–water partition coefficient (Wildman–Crippen LogP) is 2.75. The number of ether oxygens (including phenoxy) is 1. The zero-order valence-corrected chi connectivity index (χ0v) is 13.6. The number of rotatable bonds is 4. The van der Waals surface area contributed by atoms with E-state index in [1.807, 2.05) is 24.3 Å². The molecule has 2 aromatic rings. The van der Waals surface area contributed by atoms with Crippen molar-refractivity contribution in [3.63, 3.8) is 0 Å². The fourth-order valence-electron chi connectivity index (χ4n) is 2.74. The Hall–Kier alpha value is -2.27. The van der Waals surface area contributed by atoms with Gasteiger partial charge < -0.3 is 15.0 Å². The molecule has 5 nitrogen and oxygen atoms in total. The van der Waals surface area contributed by atoms with Crippen LogP contribution in [0, 0.1) is 0 Å². The van der Waals surface area contributed by atoms with E-state index in [0.29, 0.717) is 11.4 Å². The van der Waals surface area contributed by atoms with Crippen LogP contribution in [0.5, 0.6) is 5.75 Å². The van der Waals surface area contributed by atoms with E-state index in [1.54, 1.807) is 18.3 Å². The highest BCUT2D eigenvalue weighted by molar-refractivity contribution is 6.30. The number of hydrogen-bond donors (Lipinski definition) is 1. The quantitative estimate of drug-likeness (QED) is 0.936. The molecular formula is C17H18ClN3O2. The molecule has 1 amide bonds. The van der Waals surface area contributed by atoms with Crippen LogP contribution < -0.4 is 15.0 Å². The number of carbonyl (C=O) groups is 1. The maximum absolute atomic E-state index is 12.4. The summed E-state index contributed by atoms with van der Waals surface area (Å²) in [6, 6.07) is 11.3. The van der Waals surface area contributed by atoms with Gasteiger partial charge in [-0.05, 0) is 42.8 Å². The van der Waals surface area contributed by atoms with E-state index < -0.39 is 0 Å². The van der Waals surface area contributed by atoms with E-state index in [1.165, 1.54) is 7.11 Å². The Labute approximate surface area is 140 Å². The van der Waals surface area contributed by atoms with Gasteiger partial charge in [-0.2, -0.15) is 0 Å². The number of pyridine rings is 1. The molecule has 0 radical (unpaired) electrons. The molecule has 1 aromatic heterocycles. The molecule has 1 N–H and O–H groups in total. The summed E-state index contributed by atoms with van der Waals surface area (Å²) in [6.45, 7) is 1.66. The van der Waals surface area contributed by atoms with Crippen LogP contribution in [-0.4, -0.2) is 37.1 Å². The number of nitrogens with one attached hydrogen (secondary N) is 1. The van der Waals surface area contributed by atoms with Gasteiger partial charge >= 0.3 is 0 Å². The number of nitrogens with zero attached hydrogens (tertiary/aromatic N) is 2. The number of methoxy groups -OCH3 is 1. The number of amides is 1. The molecule has 0 spiro atoms. The lowest BCUT2D eigenvalue weighted by Gasteiger charge is -2.19. The second kappa shape index (κ2) is 6.87. The summed E-state index contributed by atoms with van der Waals surface area (Å²) >= 11 is 5.92. The SMILES string of the molecule is COc1cccnc1C(=O)NC1CCN(c2ccc(Cl)cc2)C1. The van der Waals surface area contributed by atoms with Crippen LogP contribution >= 0.6 is 11.6 Å². The third-order valence-corrected chi connectivity index (χ3v) is 4.17. The highest BCUT2D eigenvalue weighted by Crippen LogP contribution is 2.23. The van der Waals surface area contributed by atoms with Crippen molar-refractivity contribution >= 4 is 23.2 Å². The minimum absolute atomic E-state index is 0.0879. The summed E-state index contributed by atoms with van der Waals surface area (Å²) < 4.78 is 5.19. The van der Waals surface area contributed by atoms with Gasteiger partial charge in [0.25, 0.3) is 5.91 Å². The Kier molecular flexibility index (Phi) is 4.67. The molecule has 3 rings (SSSR count). The molecule has 1 unspecified atom stereocenters. The van der Waals surface area contributed by atoms with Crippen molar-refractivity contribution in [1.82, 2.24) is 10.3 Å². The van der Waals surface area contributed by atoms with Crippen LogP contribution in [0.2, 0.25) is 5.02 Å². The first kappa shape index (κ1) is 15.6. The van der Waals surface area contributed by atoms with E-state index in [-0.39, 0.29) is 11.9 Å². The van der Waals surface area contributed by atoms with E-state index in [4.69, 9.17) is 16.3 Å². The van der Waals surface area contributed by atoms with Gasteiger partial charge in [0.1, 0.15) is 5.75 Å². The van der Waals surface area contributed by atoms with Crippen LogP contribution in [0.15, 0.2) is 42.6 Å². The summed E-state index contributed by atoms with van der Waals surface area (Å²) in [5, 5.41) is 3.75. The van der Waals surface area contributed by atoms with Gasteiger partial charge in [0.2, 0.25) is 0 Å². The van der Waals surface area contributed by atoms with Crippen molar-refractivity contribution < 1.29 is 9.53 Å². The molecule has 0 aliphatic carbocycles. The number of benzene rings is 1. The summed E-state index contributed by atoms with van der Waals surface area (Å²) in [4.78, 5) is 18.7. The van der Waals surface area contributed by atoms with Crippen molar-refractivity contribution in [1.29, 1.82) is 0 Å². The van der Waals surface area contributed by atoms with E-state index in [2.05, 4.69) is 15.2 Å². The minimum atomic E-state index is -0.203. The number of carbonyl (C=O) groups excluding carboxylic acids is 1. The zero-order valence-electron chi connectivity index (χ0n) is 12.8. The first-order chi connectivity index (χ1) is 11.2. The van der Waals surface area contributed by atoms with Gasteiger partial charge in [0, 0.05) is 36.0 Å². The Balaban J connectivity index is 1.63. The number of anilines is 1. The average Bonchev–Trinajstić information content (AvgIpc) is 3.04. The monoisotopic (exact) mass is 331 g/mol. The maximum atomic E-state index is 12.4. The fourth-order valence-corrected chi connectivity index (χ4v) is 2.87. The normalized spacial score (nSPS) is 17.1. The van der Waals surface area contributed by atoms with Gasteiger partial charge in [0.15, 0.2) is 5.69 Å². The number of aromatic nitrogens is 1. The first-order valence-corrected chi connectivity index (χ1v) is 7.85. The average molecular weight is 332 g/mol. The highest BCUT2D eigenvalue weighted by atomic mass is 35.5. The molecular weight excluding hydrogens is 314 g/mol. The molecule has 1 aliphatic rings. The highest BCUT2D eigenvalue weighted by Gasteiger charge is 2.25. The van der Waals surface area contributed by atoms with Crippen LogP contribution in [0.25, 0.3) is 0 Å². The molecule has 6 heteroatoms. The summed E-state index contributed by atoms with van der Waals surface area (Å²) in [5.41, 5.74) is 1.43. The topological polar surface area (TPSA) is 54.5 Å². The first-order valence-electron chi connectivity index (χ1n) is 7.48. The van der Waals surface area contributed by atoms with Gasteiger partial charge in [-0.25, -0.2) is 4.98 Å². The van der Waals surface area contributed by atoms with E-state index in [9.17, 15) is 4.79 Å². The van der Waals surface area contributed by atoms with Gasteiger partial charge in [-0.1, -0.05) is 11.6 Å². The van der Waals surface area contributed by atoms with Crippen molar-refractivity contribution in [3.05, 3.63) is 53.3 Å². The summed E-state index contributed by atoms with van der Waals surface area (Å²) in [6.07, 6.45) is 2.48. The van der Waals surface area contributed by atoms with E-state index >= 15 is 0 Å².